The third-order valence-corrected chi connectivity index (χ3v) is 7.59. The zero-order valence-corrected chi connectivity index (χ0v) is 18.2. The summed E-state index contributed by atoms with van der Waals surface area (Å²) in [4.78, 5) is 17.3. The Morgan fingerprint density at radius 2 is 2.03 bits per heavy atom. The number of halogens is 3. The highest BCUT2D eigenvalue weighted by molar-refractivity contribution is 7.99. The van der Waals surface area contributed by atoms with Crippen molar-refractivity contribution >= 4 is 40.9 Å². The average Bonchev–Trinajstić information content (AvgIpc) is 2.74. The molecule has 0 N–H and O–H groups in total. The summed E-state index contributed by atoms with van der Waals surface area (Å²) in [6.07, 6.45) is 0. The van der Waals surface area contributed by atoms with E-state index >= 15 is 0 Å². The number of hydrogen-bond acceptors (Lipinski definition) is 4. The van der Waals surface area contributed by atoms with Gasteiger partial charge in [0.1, 0.15) is 11.6 Å². The number of hydrogen-bond donors (Lipinski definition) is 0. The summed E-state index contributed by atoms with van der Waals surface area (Å²) in [5.74, 6) is 0.948. The van der Waals surface area contributed by atoms with Crippen molar-refractivity contribution in [3.05, 3.63) is 63.4 Å². The molecule has 4 nitrogen and oxygen atoms in total. The fourth-order valence-corrected chi connectivity index (χ4v) is 5.77. The second kappa shape index (κ2) is 8.72. The minimum atomic E-state index is -0.391. The number of benzene rings is 2. The summed E-state index contributed by atoms with van der Waals surface area (Å²) in [5, 5.41) is 0.768. The molecule has 2 aliphatic heterocycles. The van der Waals surface area contributed by atoms with Gasteiger partial charge in [0, 0.05) is 43.2 Å². The summed E-state index contributed by atoms with van der Waals surface area (Å²) >= 11 is 14.1. The van der Waals surface area contributed by atoms with Crippen LogP contribution in [0.3, 0.4) is 0 Å². The lowest BCUT2D eigenvalue weighted by atomic mass is 10.1. The molecule has 0 radical (unpaired) electrons. The number of nitrogens with zero attached hydrogens (tertiary/aromatic N) is 2. The maximum atomic E-state index is 13.5. The standard InChI is InChI=1S/C21H21Cl2FN2O2S/c1-28-18-4-2-3-15(20(18)23)21(27)26-8-7-25-11-19(29-12-14(25)10-26)13-5-6-17(24)16(22)9-13/h2-6,9,14,19H,7-8,10-12H2,1H3/t14-,19?/m0/s1. The monoisotopic (exact) mass is 454 g/mol. The molecule has 0 spiro atoms. The summed E-state index contributed by atoms with van der Waals surface area (Å²) < 4.78 is 18.7. The third kappa shape index (κ3) is 4.22. The molecule has 2 aromatic carbocycles. The number of carbonyl (C=O) groups is 1. The smallest absolute Gasteiger partial charge is 0.255 e. The lowest BCUT2D eigenvalue weighted by molar-refractivity contribution is 0.0510. The van der Waals surface area contributed by atoms with Crippen LogP contribution >= 0.6 is 35.0 Å². The van der Waals surface area contributed by atoms with Crippen molar-refractivity contribution in [2.75, 3.05) is 39.0 Å². The van der Waals surface area contributed by atoms with Gasteiger partial charge in [0.15, 0.2) is 0 Å². The Bertz CT molecular complexity index is 930. The lowest BCUT2D eigenvalue weighted by Gasteiger charge is -2.46. The quantitative estimate of drug-likeness (QED) is 0.669. The van der Waals surface area contributed by atoms with Crippen LogP contribution in [-0.2, 0) is 0 Å². The van der Waals surface area contributed by atoms with Crippen molar-refractivity contribution in [2.45, 2.75) is 11.3 Å². The van der Waals surface area contributed by atoms with Gasteiger partial charge < -0.3 is 9.64 Å². The molecule has 2 atom stereocenters. The van der Waals surface area contributed by atoms with Gasteiger partial charge in [-0.05, 0) is 29.8 Å². The lowest BCUT2D eigenvalue weighted by Crippen LogP contribution is -2.58. The van der Waals surface area contributed by atoms with Crippen LogP contribution in [0, 0.1) is 5.82 Å². The molecule has 8 heteroatoms. The van der Waals surface area contributed by atoms with Crippen molar-refractivity contribution < 1.29 is 13.9 Å². The Labute approximate surface area is 183 Å². The Morgan fingerprint density at radius 1 is 1.21 bits per heavy atom. The van der Waals surface area contributed by atoms with Crippen molar-refractivity contribution in [1.29, 1.82) is 0 Å². The SMILES string of the molecule is COc1cccc(C(=O)N2CCN3CC(c4ccc(F)c(Cl)c4)SC[C@@H]3C2)c1Cl. The highest BCUT2D eigenvalue weighted by Gasteiger charge is 2.36. The number of carbonyl (C=O) groups excluding carboxylic acids is 1. The number of rotatable bonds is 3. The zero-order chi connectivity index (χ0) is 20.5. The van der Waals surface area contributed by atoms with E-state index in [0.29, 0.717) is 29.4 Å². The molecule has 154 valence electrons. The van der Waals surface area contributed by atoms with Crippen LogP contribution in [-0.4, -0.2) is 60.8 Å². The van der Waals surface area contributed by atoms with Crippen molar-refractivity contribution in [2.24, 2.45) is 0 Å². The van der Waals surface area contributed by atoms with Crippen LogP contribution in [0.25, 0.3) is 0 Å². The van der Waals surface area contributed by atoms with Gasteiger partial charge in [-0.25, -0.2) is 4.39 Å². The molecule has 0 aliphatic carbocycles. The normalized spacial score (nSPS) is 22.3. The van der Waals surface area contributed by atoms with E-state index in [0.717, 1.165) is 24.4 Å². The van der Waals surface area contributed by atoms with Gasteiger partial charge in [0.25, 0.3) is 5.91 Å². The van der Waals surface area contributed by atoms with E-state index in [4.69, 9.17) is 27.9 Å². The molecule has 2 aromatic rings. The summed E-state index contributed by atoms with van der Waals surface area (Å²) in [6.45, 7) is 2.96. The molecular formula is C21H21Cl2FN2O2S. The Kier molecular flexibility index (Phi) is 6.25. The molecular weight excluding hydrogens is 434 g/mol. The van der Waals surface area contributed by atoms with E-state index in [-0.39, 0.29) is 22.2 Å². The minimum Gasteiger partial charge on any atom is -0.495 e. The molecule has 2 heterocycles. The fraction of sp³-hybridized carbons (Fsp3) is 0.381. The van der Waals surface area contributed by atoms with Crippen molar-refractivity contribution in [3.8, 4) is 5.75 Å². The Hall–Kier alpha value is -1.47. The number of ether oxygens (including phenoxy) is 1. The number of methoxy groups -OCH3 is 1. The first-order chi connectivity index (χ1) is 14.0. The zero-order valence-electron chi connectivity index (χ0n) is 15.9. The molecule has 0 bridgehead atoms. The van der Waals surface area contributed by atoms with E-state index in [1.807, 2.05) is 22.7 Å². The predicted octanol–water partition coefficient (Wildman–Crippen LogP) is 4.76. The van der Waals surface area contributed by atoms with Crippen LogP contribution in [0.5, 0.6) is 5.75 Å². The minimum absolute atomic E-state index is 0.0639. The van der Waals surface area contributed by atoms with E-state index in [2.05, 4.69) is 4.90 Å². The highest BCUT2D eigenvalue weighted by atomic mass is 35.5. The predicted molar refractivity (Wildman–Crippen MR) is 116 cm³/mol. The molecule has 2 saturated heterocycles. The molecule has 1 amide bonds. The highest BCUT2D eigenvalue weighted by Crippen LogP contribution is 2.38. The van der Waals surface area contributed by atoms with Crippen molar-refractivity contribution in [3.63, 3.8) is 0 Å². The molecule has 1 unspecified atom stereocenters. The second-order valence-corrected chi connectivity index (χ2v) is 9.24. The van der Waals surface area contributed by atoms with Gasteiger partial charge in [-0.3, -0.25) is 9.69 Å². The maximum Gasteiger partial charge on any atom is 0.255 e. The Balaban J connectivity index is 1.43. The van der Waals surface area contributed by atoms with E-state index in [1.54, 1.807) is 24.3 Å². The van der Waals surface area contributed by atoms with Gasteiger partial charge in [-0.2, -0.15) is 11.8 Å². The van der Waals surface area contributed by atoms with Gasteiger partial charge >= 0.3 is 0 Å². The van der Waals surface area contributed by atoms with E-state index < -0.39 is 5.82 Å². The summed E-state index contributed by atoms with van der Waals surface area (Å²) in [7, 11) is 1.54. The van der Waals surface area contributed by atoms with Crippen LogP contribution in [0.15, 0.2) is 36.4 Å². The van der Waals surface area contributed by atoms with Crippen LogP contribution in [0.2, 0.25) is 10.0 Å². The average molecular weight is 455 g/mol. The van der Waals surface area contributed by atoms with Crippen molar-refractivity contribution in [1.82, 2.24) is 9.80 Å². The number of fused-ring (bicyclic) bond motifs is 1. The summed E-state index contributed by atoms with van der Waals surface area (Å²) in [6, 6.07) is 10.5. The first-order valence-electron chi connectivity index (χ1n) is 9.40. The number of thioether (sulfide) groups is 1. The first kappa shape index (κ1) is 20.8. The first-order valence-corrected chi connectivity index (χ1v) is 11.2. The van der Waals surface area contributed by atoms with Gasteiger partial charge in [-0.15, -0.1) is 0 Å². The molecule has 0 aromatic heterocycles. The van der Waals surface area contributed by atoms with Gasteiger partial charge in [-0.1, -0.05) is 35.3 Å². The molecule has 0 saturated carbocycles. The topological polar surface area (TPSA) is 32.8 Å². The number of amides is 1. The molecule has 4 rings (SSSR count). The van der Waals surface area contributed by atoms with Gasteiger partial charge in [0.05, 0.1) is 22.7 Å². The number of piperazine rings is 1. The molecule has 2 aliphatic rings. The maximum absolute atomic E-state index is 13.5. The van der Waals surface area contributed by atoms with Crippen LogP contribution in [0.1, 0.15) is 21.2 Å². The second-order valence-electron chi connectivity index (χ2n) is 7.22. The van der Waals surface area contributed by atoms with Crippen LogP contribution < -0.4 is 4.74 Å². The Morgan fingerprint density at radius 3 is 2.79 bits per heavy atom. The van der Waals surface area contributed by atoms with E-state index in [1.165, 1.54) is 13.2 Å². The summed E-state index contributed by atoms with van der Waals surface area (Å²) in [5.41, 5.74) is 1.52. The third-order valence-electron chi connectivity index (χ3n) is 5.51. The molecule has 2 fully saturated rings. The molecule has 29 heavy (non-hydrogen) atoms. The van der Waals surface area contributed by atoms with Crippen LogP contribution in [0.4, 0.5) is 4.39 Å². The van der Waals surface area contributed by atoms with E-state index in [9.17, 15) is 9.18 Å². The van der Waals surface area contributed by atoms with Gasteiger partial charge in [0.2, 0.25) is 0 Å². The largest absolute Gasteiger partial charge is 0.495 e. The fourth-order valence-electron chi connectivity index (χ4n) is 3.89.